The summed E-state index contributed by atoms with van der Waals surface area (Å²) >= 11 is 1.75. The number of hydrogen-bond acceptors (Lipinski definition) is 4. The lowest BCUT2D eigenvalue weighted by atomic mass is 10.2. The Morgan fingerprint density at radius 3 is 2.00 bits per heavy atom. The molecular weight excluding hydrogens is 435 g/mol. The van der Waals surface area contributed by atoms with Gasteiger partial charge in [0.25, 0.3) is 0 Å². The molecule has 4 rings (SSSR count). The topological polar surface area (TPSA) is 42.0 Å². The average Bonchev–Trinajstić information content (AvgIpc) is 3.20. The van der Waals surface area contributed by atoms with E-state index >= 15 is 0 Å². The van der Waals surface area contributed by atoms with Gasteiger partial charge in [-0.25, -0.2) is 26.9 Å². The number of halogens is 5. The number of carbonyl (C=O) groups excluding carboxylic acids is 1. The summed E-state index contributed by atoms with van der Waals surface area (Å²) < 4.78 is 63.0. The number of benzene rings is 3. The fourth-order valence-corrected chi connectivity index (χ4v) is 3.73. The molecule has 1 heterocycles. The Bertz CT molecular complexity index is 1230. The third-order valence-electron chi connectivity index (χ3n) is 4.33. The molecule has 0 unspecified atom stereocenters. The van der Waals surface area contributed by atoms with E-state index in [1.807, 2.05) is 7.05 Å². The summed E-state index contributed by atoms with van der Waals surface area (Å²) in [6, 6.07) is 14.8. The second-order valence-corrected chi connectivity index (χ2v) is 7.45. The Labute approximate surface area is 178 Å². The van der Waals surface area contributed by atoms with E-state index in [9.17, 15) is 26.7 Å². The van der Waals surface area contributed by atoms with Crippen LogP contribution in [0.2, 0.25) is 0 Å². The molecule has 0 saturated carbocycles. The summed E-state index contributed by atoms with van der Waals surface area (Å²) in [6.07, 6.45) is -0.434. The minimum atomic E-state index is -2.28. The highest BCUT2D eigenvalue weighted by atomic mass is 32.1. The molecule has 31 heavy (non-hydrogen) atoms. The van der Waals surface area contributed by atoms with Gasteiger partial charge in [-0.2, -0.15) is 0 Å². The van der Waals surface area contributed by atoms with Crippen molar-refractivity contribution < 1.29 is 26.7 Å². The Kier molecular flexibility index (Phi) is 6.65. The molecule has 0 aliphatic rings. The molecule has 4 aromatic rings. The predicted molar refractivity (Wildman–Crippen MR) is 111 cm³/mol. The van der Waals surface area contributed by atoms with Crippen LogP contribution in [0.25, 0.3) is 20.8 Å². The van der Waals surface area contributed by atoms with E-state index in [0.29, 0.717) is 0 Å². The van der Waals surface area contributed by atoms with Gasteiger partial charge >= 0.3 is 0 Å². The first-order valence-electron chi connectivity index (χ1n) is 8.88. The smallest absolute Gasteiger partial charge is 0.200 e. The number of nitrogens with one attached hydrogen (secondary N) is 1. The number of hydrogen-bond donors (Lipinski definition) is 1. The van der Waals surface area contributed by atoms with Gasteiger partial charge in [-0.1, -0.05) is 6.07 Å². The fraction of sp³-hybridized carbons (Fsp3) is 0.0909. The van der Waals surface area contributed by atoms with E-state index in [4.69, 9.17) is 0 Å². The Balaban J connectivity index is 0.000000187. The maximum atomic E-state index is 12.5. The lowest BCUT2D eigenvalue weighted by Gasteiger charge is -2.01. The molecule has 0 aliphatic carbocycles. The SMILES string of the molecule is CNc1ccc(-c2nc3ccc(C)cc3s2)cc1.O=Cc1c(F)c(F)c(F)c(F)c1F. The second kappa shape index (κ2) is 9.22. The van der Waals surface area contributed by atoms with Crippen LogP contribution >= 0.6 is 11.3 Å². The quantitative estimate of drug-likeness (QED) is 0.168. The third-order valence-corrected chi connectivity index (χ3v) is 5.39. The molecule has 3 nitrogen and oxygen atoms in total. The van der Waals surface area contributed by atoms with E-state index < -0.39 is 40.9 Å². The van der Waals surface area contributed by atoms with Gasteiger partial charge < -0.3 is 5.32 Å². The van der Waals surface area contributed by atoms with Gasteiger partial charge in [0.1, 0.15) is 5.01 Å². The van der Waals surface area contributed by atoms with E-state index in [1.165, 1.54) is 15.8 Å². The Morgan fingerprint density at radius 1 is 0.871 bits per heavy atom. The van der Waals surface area contributed by atoms with Crippen LogP contribution in [0.15, 0.2) is 42.5 Å². The van der Waals surface area contributed by atoms with E-state index in [-0.39, 0.29) is 0 Å². The molecule has 160 valence electrons. The molecule has 0 radical (unpaired) electrons. The Morgan fingerprint density at radius 2 is 1.45 bits per heavy atom. The lowest BCUT2D eigenvalue weighted by molar-refractivity contribution is 0.111. The molecule has 0 bridgehead atoms. The van der Waals surface area contributed by atoms with Gasteiger partial charge in [0, 0.05) is 18.3 Å². The highest BCUT2D eigenvalue weighted by molar-refractivity contribution is 7.21. The minimum Gasteiger partial charge on any atom is -0.388 e. The summed E-state index contributed by atoms with van der Waals surface area (Å²) in [6.45, 7) is 2.11. The number of fused-ring (bicyclic) bond motifs is 1. The zero-order valence-corrected chi connectivity index (χ0v) is 17.1. The maximum absolute atomic E-state index is 12.5. The average molecular weight is 450 g/mol. The van der Waals surface area contributed by atoms with Crippen LogP contribution in [0.3, 0.4) is 0 Å². The van der Waals surface area contributed by atoms with Crippen molar-refractivity contribution in [2.75, 3.05) is 12.4 Å². The van der Waals surface area contributed by atoms with Crippen molar-refractivity contribution >= 4 is 33.5 Å². The molecule has 0 saturated heterocycles. The highest BCUT2D eigenvalue weighted by Crippen LogP contribution is 2.31. The molecule has 0 fully saturated rings. The number of aryl methyl sites for hydroxylation is 1. The molecule has 3 aromatic carbocycles. The van der Waals surface area contributed by atoms with Gasteiger partial charge in [-0.05, 0) is 48.9 Å². The van der Waals surface area contributed by atoms with Crippen molar-refractivity contribution in [3.8, 4) is 10.6 Å². The van der Waals surface area contributed by atoms with Crippen LogP contribution in [-0.4, -0.2) is 18.3 Å². The molecule has 0 aliphatic heterocycles. The van der Waals surface area contributed by atoms with Crippen molar-refractivity contribution in [1.29, 1.82) is 0 Å². The summed E-state index contributed by atoms with van der Waals surface area (Å²) in [5.74, 6) is -10.8. The molecule has 1 N–H and O–H groups in total. The highest BCUT2D eigenvalue weighted by Gasteiger charge is 2.24. The van der Waals surface area contributed by atoms with Gasteiger partial charge in [0.15, 0.2) is 29.6 Å². The lowest BCUT2D eigenvalue weighted by Crippen LogP contribution is -2.05. The summed E-state index contributed by atoms with van der Waals surface area (Å²) in [5, 5.41) is 4.20. The number of thiazole rings is 1. The van der Waals surface area contributed by atoms with Crippen LogP contribution in [0.1, 0.15) is 15.9 Å². The van der Waals surface area contributed by atoms with E-state index in [0.717, 1.165) is 16.2 Å². The predicted octanol–water partition coefficient (Wildman–Crippen LogP) is 6.51. The van der Waals surface area contributed by atoms with Crippen LogP contribution in [0.5, 0.6) is 0 Å². The van der Waals surface area contributed by atoms with Crippen LogP contribution in [0, 0.1) is 36.0 Å². The number of carbonyl (C=O) groups is 1. The van der Waals surface area contributed by atoms with Gasteiger partial charge in [0.2, 0.25) is 5.82 Å². The van der Waals surface area contributed by atoms with Crippen LogP contribution < -0.4 is 5.32 Å². The standard InChI is InChI=1S/C15H14N2S.C7HF5O/c1-10-3-8-13-14(9-10)18-15(17-13)11-4-6-12(16-2)7-5-11;8-3-2(1-13)4(9)6(11)7(12)5(3)10/h3-9,16H,1-2H3;1H. The van der Waals surface area contributed by atoms with Gasteiger partial charge in [-0.15, -0.1) is 11.3 Å². The molecule has 9 heteroatoms. The Hall–Kier alpha value is -3.33. The van der Waals surface area contributed by atoms with E-state index in [1.54, 1.807) is 11.3 Å². The number of aldehydes is 1. The summed E-state index contributed by atoms with van der Waals surface area (Å²) in [7, 11) is 1.93. The van der Waals surface area contributed by atoms with Crippen LogP contribution in [0.4, 0.5) is 27.6 Å². The third kappa shape index (κ3) is 4.56. The monoisotopic (exact) mass is 450 g/mol. The second-order valence-electron chi connectivity index (χ2n) is 6.42. The molecular formula is C22H15F5N2OS. The van der Waals surface area contributed by atoms with Crippen LogP contribution in [-0.2, 0) is 0 Å². The first-order chi connectivity index (χ1) is 14.8. The van der Waals surface area contributed by atoms with Gasteiger partial charge in [0.05, 0.1) is 15.8 Å². The molecule has 1 aromatic heterocycles. The van der Waals surface area contributed by atoms with Gasteiger partial charge in [-0.3, -0.25) is 4.79 Å². The first kappa shape index (κ1) is 22.4. The minimum absolute atomic E-state index is 0.434. The number of aromatic nitrogens is 1. The summed E-state index contributed by atoms with van der Waals surface area (Å²) in [5.41, 5.74) is 3.20. The van der Waals surface area contributed by atoms with Crippen molar-refractivity contribution in [1.82, 2.24) is 4.98 Å². The maximum Gasteiger partial charge on any atom is 0.200 e. The summed E-state index contributed by atoms with van der Waals surface area (Å²) in [4.78, 5) is 14.6. The number of anilines is 1. The fourth-order valence-electron chi connectivity index (χ4n) is 2.66. The largest absolute Gasteiger partial charge is 0.388 e. The van der Waals surface area contributed by atoms with E-state index in [2.05, 4.69) is 59.7 Å². The molecule has 0 spiro atoms. The zero-order chi connectivity index (χ0) is 22.7. The number of nitrogens with zero attached hydrogens (tertiary/aromatic N) is 1. The van der Waals surface area contributed by atoms with Crippen molar-refractivity contribution in [2.24, 2.45) is 0 Å². The first-order valence-corrected chi connectivity index (χ1v) is 9.70. The normalized spacial score (nSPS) is 10.5. The van der Waals surface area contributed by atoms with Crippen molar-refractivity contribution in [2.45, 2.75) is 6.92 Å². The molecule has 0 amide bonds. The molecule has 0 atom stereocenters. The number of rotatable bonds is 3. The van der Waals surface area contributed by atoms with Crippen molar-refractivity contribution in [3.63, 3.8) is 0 Å². The zero-order valence-electron chi connectivity index (χ0n) is 16.3. The van der Waals surface area contributed by atoms with Crippen molar-refractivity contribution in [3.05, 3.63) is 82.7 Å².